The number of amides is 2. The maximum absolute atomic E-state index is 12.6. The van der Waals surface area contributed by atoms with Crippen molar-refractivity contribution in [2.24, 2.45) is 0 Å². The van der Waals surface area contributed by atoms with Gasteiger partial charge in [-0.1, -0.05) is 71.4 Å². The van der Waals surface area contributed by atoms with E-state index in [0.29, 0.717) is 26.1 Å². The molecule has 0 unspecified atom stereocenters. The SMILES string of the molecule is O=C1C(=Cc2ccc(Cl)cc2Cl)SC(=S)N1C(=O)c1ccccc1. The van der Waals surface area contributed by atoms with E-state index in [1.165, 1.54) is 0 Å². The molecule has 1 heterocycles. The van der Waals surface area contributed by atoms with Gasteiger partial charge in [0.1, 0.15) is 0 Å². The molecule has 0 N–H and O–H groups in total. The molecule has 1 aliphatic heterocycles. The summed E-state index contributed by atoms with van der Waals surface area (Å²) < 4.78 is 0.199. The summed E-state index contributed by atoms with van der Waals surface area (Å²) in [6.07, 6.45) is 1.61. The lowest BCUT2D eigenvalue weighted by molar-refractivity contribution is -0.120. The van der Waals surface area contributed by atoms with Crippen LogP contribution in [0.1, 0.15) is 15.9 Å². The normalized spacial score (nSPS) is 16.1. The zero-order valence-corrected chi connectivity index (χ0v) is 15.2. The van der Waals surface area contributed by atoms with E-state index in [2.05, 4.69) is 0 Å². The lowest BCUT2D eigenvalue weighted by atomic mass is 10.2. The van der Waals surface area contributed by atoms with Gasteiger partial charge in [0.15, 0.2) is 4.32 Å². The Labute approximate surface area is 158 Å². The third kappa shape index (κ3) is 3.39. The van der Waals surface area contributed by atoms with Gasteiger partial charge in [-0.3, -0.25) is 9.59 Å². The first-order chi connectivity index (χ1) is 11.5. The van der Waals surface area contributed by atoms with Crippen LogP contribution in [0.4, 0.5) is 0 Å². The molecular formula is C17H9Cl2NO2S2. The fourth-order valence-corrected chi connectivity index (χ4v) is 3.82. The summed E-state index contributed by atoms with van der Waals surface area (Å²) in [5, 5.41) is 0.922. The summed E-state index contributed by atoms with van der Waals surface area (Å²) >= 11 is 18.3. The topological polar surface area (TPSA) is 37.4 Å². The van der Waals surface area contributed by atoms with Crippen molar-refractivity contribution in [1.29, 1.82) is 0 Å². The van der Waals surface area contributed by atoms with Gasteiger partial charge in [0.05, 0.1) is 4.91 Å². The third-order valence-electron chi connectivity index (χ3n) is 3.27. The molecule has 3 rings (SSSR count). The minimum Gasteiger partial charge on any atom is -0.268 e. The molecule has 2 aromatic rings. The predicted octanol–water partition coefficient (Wildman–Crippen LogP) is 5.04. The van der Waals surface area contributed by atoms with Gasteiger partial charge >= 0.3 is 0 Å². The number of carbonyl (C=O) groups excluding carboxylic acids is 2. The highest BCUT2D eigenvalue weighted by Gasteiger charge is 2.37. The first kappa shape index (κ1) is 17.2. The monoisotopic (exact) mass is 393 g/mol. The van der Waals surface area contributed by atoms with Crippen LogP contribution < -0.4 is 0 Å². The molecule has 0 aromatic heterocycles. The number of halogens is 2. The van der Waals surface area contributed by atoms with Gasteiger partial charge in [-0.15, -0.1) is 0 Å². The van der Waals surface area contributed by atoms with Crippen LogP contribution >= 0.6 is 47.2 Å². The zero-order valence-electron chi connectivity index (χ0n) is 12.0. The Balaban J connectivity index is 1.92. The molecule has 2 aromatic carbocycles. The Bertz CT molecular complexity index is 881. The van der Waals surface area contributed by atoms with Crippen LogP contribution in [-0.2, 0) is 4.79 Å². The molecule has 3 nitrogen and oxygen atoms in total. The van der Waals surface area contributed by atoms with Crippen LogP contribution in [0, 0.1) is 0 Å². The van der Waals surface area contributed by atoms with E-state index in [9.17, 15) is 9.59 Å². The number of thioether (sulfide) groups is 1. The summed E-state index contributed by atoms with van der Waals surface area (Å²) in [5.41, 5.74) is 1.04. The Morgan fingerprint density at radius 1 is 1.12 bits per heavy atom. The third-order valence-corrected chi connectivity index (χ3v) is 5.13. The van der Waals surface area contributed by atoms with Crippen LogP contribution in [0.2, 0.25) is 10.0 Å². The van der Waals surface area contributed by atoms with Crippen molar-refractivity contribution in [1.82, 2.24) is 4.90 Å². The average molecular weight is 394 g/mol. The van der Waals surface area contributed by atoms with Gasteiger partial charge in [-0.2, -0.15) is 0 Å². The van der Waals surface area contributed by atoms with Crippen molar-refractivity contribution in [3.63, 3.8) is 0 Å². The number of rotatable bonds is 2. The number of hydrogen-bond acceptors (Lipinski definition) is 4. The van der Waals surface area contributed by atoms with Crippen LogP contribution in [0.5, 0.6) is 0 Å². The van der Waals surface area contributed by atoms with E-state index in [0.717, 1.165) is 16.7 Å². The number of hydrogen-bond donors (Lipinski definition) is 0. The van der Waals surface area contributed by atoms with Crippen molar-refractivity contribution in [2.75, 3.05) is 0 Å². The van der Waals surface area contributed by atoms with Gasteiger partial charge < -0.3 is 0 Å². The fourth-order valence-electron chi connectivity index (χ4n) is 2.11. The van der Waals surface area contributed by atoms with Crippen LogP contribution in [0.3, 0.4) is 0 Å². The Hall–Kier alpha value is -1.66. The zero-order chi connectivity index (χ0) is 17.3. The summed E-state index contributed by atoms with van der Waals surface area (Å²) in [7, 11) is 0. The lowest BCUT2D eigenvalue weighted by Gasteiger charge is -2.12. The van der Waals surface area contributed by atoms with E-state index in [-0.39, 0.29) is 4.32 Å². The fraction of sp³-hybridized carbons (Fsp3) is 0. The van der Waals surface area contributed by atoms with Gasteiger partial charge in [0.2, 0.25) is 0 Å². The van der Waals surface area contributed by atoms with Crippen LogP contribution in [0.25, 0.3) is 6.08 Å². The van der Waals surface area contributed by atoms with Crippen molar-refractivity contribution in [3.05, 3.63) is 74.6 Å². The number of nitrogens with zero attached hydrogens (tertiary/aromatic N) is 1. The van der Waals surface area contributed by atoms with Gasteiger partial charge in [0, 0.05) is 15.6 Å². The molecule has 0 saturated carbocycles. The van der Waals surface area contributed by atoms with Crippen LogP contribution in [0.15, 0.2) is 53.4 Å². The molecule has 0 aliphatic carbocycles. The molecule has 1 fully saturated rings. The Kier molecular flexibility index (Phi) is 5.06. The minimum absolute atomic E-state index is 0.199. The van der Waals surface area contributed by atoms with Crippen molar-refractivity contribution in [2.45, 2.75) is 0 Å². The first-order valence-corrected chi connectivity index (χ1v) is 8.78. The molecule has 1 saturated heterocycles. The van der Waals surface area contributed by atoms with Crippen molar-refractivity contribution >= 4 is 69.4 Å². The largest absolute Gasteiger partial charge is 0.273 e. The van der Waals surface area contributed by atoms with E-state index < -0.39 is 11.8 Å². The smallest absolute Gasteiger partial charge is 0.268 e. The molecule has 2 amide bonds. The molecule has 24 heavy (non-hydrogen) atoms. The molecule has 7 heteroatoms. The molecule has 0 atom stereocenters. The highest BCUT2D eigenvalue weighted by molar-refractivity contribution is 8.26. The van der Waals surface area contributed by atoms with E-state index in [1.54, 1.807) is 54.6 Å². The maximum Gasteiger partial charge on any atom is 0.273 e. The predicted molar refractivity (Wildman–Crippen MR) is 102 cm³/mol. The first-order valence-electron chi connectivity index (χ1n) is 6.80. The minimum atomic E-state index is -0.454. The van der Waals surface area contributed by atoms with Crippen LogP contribution in [-0.4, -0.2) is 21.0 Å². The Morgan fingerprint density at radius 2 is 1.83 bits per heavy atom. The van der Waals surface area contributed by atoms with Crippen molar-refractivity contribution in [3.8, 4) is 0 Å². The molecular weight excluding hydrogens is 385 g/mol. The molecule has 120 valence electrons. The summed E-state index contributed by atoms with van der Waals surface area (Å²) in [6, 6.07) is 13.5. The Morgan fingerprint density at radius 3 is 2.50 bits per heavy atom. The summed E-state index contributed by atoms with van der Waals surface area (Å²) in [6.45, 7) is 0. The molecule has 0 bridgehead atoms. The molecule has 0 spiro atoms. The lowest BCUT2D eigenvalue weighted by Crippen LogP contribution is -2.34. The quantitative estimate of drug-likeness (QED) is 0.407. The van der Waals surface area contributed by atoms with Crippen molar-refractivity contribution < 1.29 is 9.59 Å². The number of carbonyl (C=O) groups is 2. The second-order valence-electron chi connectivity index (χ2n) is 4.85. The van der Waals surface area contributed by atoms with Gasteiger partial charge in [-0.25, -0.2) is 4.90 Å². The highest BCUT2D eigenvalue weighted by atomic mass is 35.5. The maximum atomic E-state index is 12.6. The average Bonchev–Trinajstić information content (AvgIpc) is 2.84. The number of benzene rings is 2. The van der Waals surface area contributed by atoms with E-state index >= 15 is 0 Å². The summed E-state index contributed by atoms with van der Waals surface area (Å²) in [4.78, 5) is 26.4. The van der Waals surface area contributed by atoms with Gasteiger partial charge in [0.25, 0.3) is 11.8 Å². The highest BCUT2D eigenvalue weighted by Crippen LogP contribution is 2.35. The number of imide groups is 1. The summed E-state index contributed by atoms with van der Waals surface area (Å²) in [5.74, 6) is -0.895. The molecule has 0 radical (unpaired) electrons. The standard InChI is InChI=1S/C17H9Cl2NO2S2/c18-12-7-6-11(13(19)9-12)8-14-16(22)20(17(23)24-14)15(21)10-4-2-1-3-5-10/h1-9H. The van der Waals surface area contributed by atoms with E-state index in [1.807, 2.05) is 0 Å². The molecule has 1 aliphatic rings. The second-order valence-corrected chi connectivity index (χ2v) is 7.37. The van der Waals surface area contributed by atoms with E-state index in [4.69, 9.17) is 35.4 Å². The second kappa shape index (κ2) is 7.07. The number of thiocarbonyl (C=S) groups is 1. The van der Waals surface area contributed by atoms with Gasteiger partial charge in [-0.05, 0) is 35.9 Å².